The highest BCUT2D eigenvalue weighted by Crippen LogP contribution is 2.43. The highest BCUT2D eigenvalue weighted by molar-refractivity contribution is 5.44. The van der Waals surface area contributed by atoms with Crippen molar-refractivity contribution in [2.75, 3.05) is 20.8 Å². The summed E-state index contributed by atoms with van der Waals surface area (Å²) in [7, 11) is 3.57. The lowest BCUT2D eigenvalue weighted by molar-refractivity contribution is -0.0879. The van der Waals surface area contributed by atoms with Crippen molar-refractivity contribution in [1.29, 1.82) is 0 Å². The van der Waals surface area contributed by atoms with Gasteiger partial charge in [0.05, 0.1) is 18.8 Å². The van der Waals surface area contributed by atoms with Crippen molar-refractivity contribution in [1.82, 2.24) is 4.90 Å². The number of rotatable bonds is 4. The molecule has 2 aliphatic rings. The van der Waals surface area contributed by atoms with Gasteiger partial charge in [-0.2, -0.15) is 0 Å². The summed E-state index contributed by atoms with van der Waals surface area (Å²) in [5, 5.41) is 10.1. The van der Waals surface area contributed by atoms with Gasteiger partial charge in [-0.15, -0.1) is 0 Å². The molecule has 1 saturated carbocycles. The van der Waals surface area contributed by atoms with Crippen LogP contribution in [0.1, 0.15) is 42.4 Å². The molecule has 23 heavy (non-hydrogen) atoms. The maximum atomic E-state index is 10.1. The number of aryl methyl sites for hydroxylation is 2. The predicted octanol–water partition coefficient (Wildman–Crippen LogP) is 2.82. The van der Waals surface area contributed by atoms with E-state index in [2.05, 4.69) is 30.9 Å². The molecule has 1 aromatic carbocycles. The Bertz CT molecular complexity index is 574. The lowest BCUT2D eigenvalue weighted by Gasteiger charge is -2.42. The van der Waals surface area contributed by atoms with Gasteiger partial charge in [-0.1, -0.05) is 17.7 Å². The Morgan fingerprint density at radius 1 is 1.26 bits per heavy atom. The standard InChI is InChI=1S/C19H29NO3/c1-13-9-14(2)18(22-3)15(10-13)12-20-8-7-19(23-4)6-5-16(21)11-17(19)20/h9-10,16-17,21H,5-8,11-12H2,1-4H3/t16-,17-,19+/m0/s1. The fourth-order valence-corrected chi connectivity index (χ4v) is 4.63. The zero-order chi connectivity index (χ0) is 16.6. The zero-order valence-corrected chi connectivity index (χ0v) is 14.8. The molecule has 4 heteroatoms. The molecular formula is C19H29NO3. The molecule has 3 rings (SSSR count). The van der Waals surface area contributed by atoms with Crippen LogP contribution in [0.5, 0.6) is 5.75 Å². The molecular weight excluding hydrogens is 290 g/mol. The van der Waals surface area contributed by atoms with E-state index in [0.29, 0.717) is 6.04 Å². The average Bonchev–Trinajstić information content (AvgIpc) is 2.86. The van der Waals surface area contributed by atoms with Crippen molar-refractivity contribution in [3.8, 4) is 5.75 Å². The fraction of sp³-hybridized carbons (Fsp3) is 0.684. The second-order valence-electron chi connectivity index (χ2n) is 7.21. The number of hydrogen-bond donors (Lipinski definition) is 1. The Labute approximate surface area is 139 Å². The average molecular weight is 319 g/mol. The van der Waals surface area contributed by atoms with Crippen molar-refractivity contribution in [2.24, 2.45) is 0 Å². The van der Waals surface area contributed by atoms with Crippen LogP contribution in [0.15, 0.2) is 12.1 Å². The molecule has 3 atom stereocenters. The lowest BCUT2D eigenvalue weighted by Crippen LogP contribution is -2.51. The maximum Gasteiger partial charge on any atom is 0.126 e. The van der Waals surface area contributed by atoms with Gasteiger partial charge in [-0.05, 0) is 45.1 Å². The van der Waals surface area contributed by atoms with E-state index in [9.17, 15) is 5.11 Å². The molecule has 0 amide bonds. The van der Waals surface area contributed by atoms with E-state index in [1.165, 1.54) is 16.7 Å². The van der Waals surface area contributed by atoms with E-state index < -0.39 is 0 Å². The molecule has 0 bridgehead atoms. The fourth-order valence-electron chi connectivity index (χ4n) is 4.63. The van der Waals surface area contributed by atoms with Crippen molar-refractivity contribution >= 4 is 0 Å². The number of fused-ring (bicyclic) bond motifs is 1. The summed E-state index contributed by atoms with van der Waals surface area (Å²) in [6.07, 6.45) is 3.46. The molecule has 128 valence electrons. The first kappa shape index (κ1) is 16.7. The van der Waals surface area contributed by atoms with E-state index >= 15 is 0 Å². The summed E-state index contributed by atoms with van der Waals surface area (Å²) < 4.78 is 11.6. The van der Waals surface area contributed by atoms with Crippen molar-refractivity contribution in [2.45, 2.75) is 63.8 Å². The number of nitrogens with zero attached hydrogens (tertiary/aromatic N) is 1. The van der Waals surface area contributed by atoms with Crippen LogP contribution in [0.25, 0.3) is 0 Å². The highest BCUT2D eigenvalue weighted by atomic mass is 16.5. The minimum absolute atomic E-state index is 0.0780. The Morgan fingerprint density at radius 2 is 2.04 bits per heavy atom. The van der Waals surface area contributed by atoms with E-state index in [1.54, 1.807) is 7.11 Å². The van der Waals surface area contributed by atoms with Crippen LogP contribution in [0.2, 0.25) is 0 Å². The van der Waals surface area contributed by atoms with Crippen LogP contribution < -0.4 is 4.74 Å². The SMILES string of the molecule is COc1c(C)cc(C)cc1CN1CC[C@]2(OC)CC[C@H](O)C[C@H]12. The minimum atomic E-state index is -0.204. The van der Waals surface area contributed by atoms with Gasteiger partial charge >= 0.3 is 0 Å². The first-order valence-electron chi connectivity index (χ1n) is 8.60. The van der Waals surface area contributed by atoms with E-state index in [1.807, 2.05) is 7.11 Å². The van der Waals surface area contributed by atoms with Crippen molar-refractivity contribution < 1.29 is 14.6 Å². The largest absolute Gasteiger partial charge is 0.496 e. The molecule has 1 N–H and O–H groups in total. The van der Waals surface area contributed by atoms with Gasteiger partial charge in [-0.25, -0.2) is 0 Å². The lowest BCUT2D eigenvalue weighted by atomic mass is 9.79. The molecule has 1 aliphatic heterocycles. The normalized spacial score (nSPS) is 31.2. The van der Waals surface area contributed by atoms with Gasteiger partial charge in [0.2, 0.25) is 0 Å². The summed E-state index contributed by atoms with van der Waals surface area (Å²) in [4.78, 5) is 2.47. The van der Waals surface area contributed by atoms with Crippen LogP contribution >= 0.6 is 0 Å². The molecule has 0 spiro atoms. The number of ether oxygens (including phenoxy) is 2. The third-order valence-corrected chi connectivity index (χ3v) is 5.75. The third-order valence-electron chi connectivity index (χ3n) is 5.75. The molecule has 0 aromatic heterocycles. The van der Waals surface area contributed by atoms with Crippen LogP contribution in [0, 0.1) is 13.8 Å². The number of hydrogen-bond acceptors (Lipinski definition) is 4. The summed E-state index contributed by atoms with van der Waals surface area (Å²) >= 11 is 0. The molecule has 4 nitrogen and oxygen atoms in total. The summed E-state index contributed by atoms with van der Waals surface area (Å²) in [6, 6.07) is 4.68. The monoisotopic (exact) mass is 319 g/mol. The molecule has 1 aromatic rings. The molecule has 1 saturated heterocycles. The van der Waals surface area contributed by atoms with Crippen LogP contribution in [0.4, 0.5) is 0 Å². The highest BCUT2D eigenvalue weighted by Gasteiger charge is 2.50. The van der Waals surface area contributed by atoms with E-state index in [-0.39, 0.29) is 11.7 Å². The Hall–Kier alpha value is -1.10. The molecule has 2 fully saturated rings. The van der Waals surface area contributed by atoms with E-state index in [0.717, 1.165) is 44.5 Å². The first-order valence-corrected chi connectivity index (χ1v) is 8.60. The molecule has 0 radical (unpaired) electrons. The number of methoxy groups -OCH3 is 2. The van der Waals surface area contributed by atoms with Gasteiger partial charge in [-0.3, -0.25) is 4.90 Å². The van der Waals surface area contributed by atoms with Crippen LogP contribution in [-0.4, -0.2) is 48.5 Å². The van der Waals surface area contributed by atoms with E-state index in [4.69, 9.17) is 9.47 Å². The Morgan fingerprint density at radius 3 is 2.74 bits per heavy atom. The topological polar surface area (TPSA) is 41.9 Å². The van der Waals surface area contributed by atoms with Crippen molar-refractivity contribution in [3.63, 3.8) is 0 Å². The molecule has 1 heterocycles. The first-order chi connectivity index (χ1) is 11.0. The zero-order valence-electron chi connectivity index (χ0n) is 14.8. The number of aliphatic hydroxyl groups is 1. The maximum absolute atomic E-state index is 10.1. The van der Waals surface area contributed by atoms with Crippen molar-refractivity contribution in [3.05, 3.63) is 28.8 Å². The molecule has 0 unspecified atom stereocenters. The number of likely N-dealkylation sites (tertiary alicyclic amines) is 1. The third kappa shape index (κ3) is 3.00. The summed E-state index contributed by atoms with van der Waals surface area (Å²) in [6.45, 7) is 6.10. The number of benzene rings is 1. The van der Waals surface area contributed by atoms with Crippen LogP contribution in [0.3, 0.4) is 0 Å². The van der Waals surface area contributed by atoms with Gasteiger partial charge in [0.1, 0.15) is 5.75 Å². The smallest absolute Gasteiger partial charge is 0.126 e. The van der Waals surface area contributed by atoms with Gasteiger partial charge in [0, 0.05) is 31.8 Å². The minimum Gasteiger partial charge on any atom is -0.496 e. The predicted molar refractivity (Wildman–Crippen MR) is 90.9 cm³/mol. The Balaban J connectivity index is 1.86. The van der Waals surface area contributed by atoms with Gasteiger partial charge in [0.25, 0.3) is 0 Å². The summed E-state index contributed by atoms with van der Waals surface area (Å²) in [5.41, 5.74) is 3.60. The molecule has 1 aliphatic carbocycles. The second kappa shape index (κ2) is 6.42. The quantitative estimate of drug-likeness (QED) is 0.926. The summed E-state index contributed by atoms with van der Waals surface area (Å²) in [5.74, 6) is 0.988. The Kier molecular flexibility index (Phi) is 4.68. The van der Waals surface area contributed by atoms with Crippen LogP contribution in [-0.2, 0) is 11.3 Å². The van der Waals surface area contributed by atoms with Gasteiger partial charge < -0.3 is 14.6 Å². The second-order valence-corrected chi connectivity index (χ2v) is 7.21. The number of aliphatic hydroxyl groups excluding tert-OH is 1. The van der Waals surface area contributed by atoms with Gasteiger partial charge in [0.15, 0.2) is 0 Å².